The molecular weight excluding hydrogens is 342 g/mol. The average molecular weight is 355 g/mol. The second kappa shape index (κ2) is 5.81. The molecule has 81 valence electrons. The summed E-state index contributed by atoms with van der Waals surface area (Å²) in [5.41, 5.74) is 2.94. The van der Waals surface area contributed by atoms with E-state index < -0.39 is 0 Å². The van der Waals surface area contributed by atoms with Gasteiger partial charge in [-0.25, -0.2) is 4.98 Å². The van der Waals surface area contributed by atoms with Crippen molar-refractivity contribution in [3.8, 4) is 0 Å². The Labute approximate surface area is 118 Å². The van der Waals surface area contributed by atoms with Gasteiger partial charge in [0, 0.05) is 24.2 Å². The number of nitrogens with zero attached hydrogens (tertiary/aromatic N) is 4. The third-order valence-electron chi connectivity index (χ3n) is 2.09. The molecule has 0 atom stereocenters. The predicted molar refractivity (Wildman–Crippen MR) is 65.0 cm³/mol. The largest absolute Gasteiger partial charge is 0.285 e. The Balaban J connectivity index is 0.000000980. The maximum absolute atomic E-state index is 4.32. The monoisotopic (exact) mass is 355 g/mol. The van der Waals surface area contributed by atoms with Gasteiger partial charge in [-0.05, 0) is 12.8 Å². The van der Waals surface area contributed by atoms with Crippen molar-refractivity contribution in [2.24, 2.45) is 0 Å². The topological polar surface area (TPSA) is 43.1 Å². The van der Waals surface area contributed by atoms with E-state index in [1.807, 2.05) is 11.3 Å². The van der Waals surface area contributed by atoms with E-state index in [0.717, 1.165) is 17.0 Å². The Bertz CT molecular complexity index is 441. The molecule has 0 amide bonds. The van der Waals surface area contributed by atoms with Crippen LogP contribution in [0.15, 0.2) is 12.5 Å². The molecule has 0 aliphatic heterocycles. The van der Waals surface area contributed by atoms with Crippen molar-refractivity contribution in [2.75, 3.05) is 0 Å². The Morgan fingerprint density at radius 1 is 1.33 bits per heavy atom. The molecule has 4 nitrogen and oxygen atoms in total. The van der Waals surface area contributed by atoms with Gasteiger partial charge < -0.3 is 0 Å². The van der Waals surface area contributed by atoms with Crippen LogP contribution in [0.3, 0.4) is 0 Å². The summed E-state index contributed by atoms with van der Waals surface area (Å²) < 4.78 is 1.96. The van der Waals surface area contributed by atoms with Gasteiger partial charge >= 0.3 is 0 Å². The molecule has 15 heavy (non-hydrogen) atoms. The summed E-state index contributed by atoms with van der Waals surface area (Å²) in [4.78, 5) is 4.32. The fourth-order valence-electron chi connectivity index (χ4n) is 1.35. The molecule has 0 saturated heterocycles. The molecule has 2 aromatic heterocycles. The quantitative estimate of drug-likeness (QED) is 0.737. The number of fused-ring (bicyclic) bond motifs is 1. The van der Waals surface area contributed by atoms with Gasteiger partial charge in [0.1, 0.15) is 6.33 Å². The van der Waals surface area contributed by atoms with Gasteiger partial charge in [0.05, 0.1) is 11.9 Å². The van der Waals surface area contributed by atoms with Crippen LogP contribution in [0.25, 0.3) is 5.65 Å². The summed E-state index contributed by atoms with van der Waals surface area (Å²) in [5.74, 6) is 0.390. The molecule has 0 aliphatic carbocycles. The Morgan fingerprint density at radius 3 is 2.60 bits per heavy atom. The van der Waals surface area contributed by atoms with Crippen LogP contribution in [0.5, 0.6) is 0 Å². The first kappa shape index (κ1) is 14.9. The summed E-state index contributed by atoms with van der Waals surface area (Å²) in [5, 5.41) is 7.99. The molecule has 6 heteroatoms. The van der Waals surface area contributed by atoms with Crippen LogP contribution in [0.2, 0.25) is 0 Å². The molecule has 0 unspecified atom stereocenters. The second-order valence-corrected chi connectivity index (χ2v) is 3.46. The Kier molecular flexibility index (Phi) is 5.76. The van der Waals surface area contributed by atoms with E-state index >= 15 is 0 Å². The van der Waals surface area contributed by atoms with E-state index in [-0.39, 0.29) is 42.5 Å². The van der Waals surface area contributed by atoms with Crippen LogP contribution in [0, 0.1) is 6.92 Å². The zero-order valence-corrected chi connectivity index (χ0v) is 12.6. The van der Waals surface area contributed by atoms with Crippen LogP contribution >= 0.6 is 24.0 Å². The molecule has 0 N–H and O–H groups in total. The minimum atomic E-state index is 0. The van der Waals surface area contributed by atoms with Crippen molar-refractivity contribution in [2.45, 2.75) is 26.7 Å². The van der Waals surface area contributed by atoms with Crippen molar-refractivity contribution in [3.63, 3.8) is 0 Å². The van der Waals surface area contributed by atoms with E-state index in [1.54, 1.807) is 12.5 Å². The fourth-order valence-corrected chi connectivity index (χ4v) is 1.35. The zero-order valence-electron chi connectivity index (χ0n) is 8.88. The summed E-state index contributed by atoms with van der Waals surface area (Å²) in [7, 11) is 0. The number of aromatic nitrogens is 4. The Hall–Kier alpha value is -0.136. The van der Waals surface area contributed by atoms with Crippen LogP contribution in [-0.2, 0) is 18.6 Å². The van der Waals surface area contributed by atoms with Crippen LogP contribution < -0.4 is 0 Å². The first-order valence-corrected chi connectivity index (χ1v) is 4.35. The van der Waals surface area contributed by atoms with E-state index in [2.05, 4.69) is 29.0 Å². The minimum absolute atomic E-state index is 0. The molecule has 0 fully saturated rings. The maximum Gasteiger partial charge on any atom is 0.182 e. The van der Waals surface area contributed by atoms with Crippen LogP contribution in [-0.4, -0.2) is 19.6 Å². The van der Waals surface area contributed by atoms with Crippen molar-refractivity contribution >= 4 is 29.6 Å². The summed E-state index contributed by atoms with van der Waals surface area (Å²) in [6, 6.07) is 0. The molecule has 1 radical (unpaired) electrons. The molecule has 2 heterocycles. The Morgan fingerprint density at radius 2 is 2.00 bits per heavy atom. The first-order valence-electron chi connectivity index (χ1n) is 4.35. The number of aryl methyl sites for hydroxylation is 1. The number of hydrogen-bond acceptors (Lipinski definition) is 3. The molecule has 0 saturated carbocycles. The van der Waals surface area contributed by atoms with Crippen LogP contribution in [0.4, 0.5) is 0 Å². The number of halogens is 1. The number of hydrogen-bond donors (Lipinski definition) is 0. The predicted octanol–water partition coefficient (Wildman–Crippen LogP) is 2.17. The molecule has 2 rings (SSSR count). The second-order valence-electron chi connectivity index (χ2n) is 3.46. The smallest absolute Gasteiger partial charge is 0.182 e. The third kappa shape index (κ3) is 2.70. The maximum atomic E-state index is 4.32. The average Bonchev–Trinajstić information content (AvgIpc) is 2.48. The van der Waals surface area contributed by atoms with Crippen molar-refractivity contribution in [1.82, 2.24) is 19.6 Å². The van der Waals surface area contributed by atoms with Crippen molar-refractivity contribution < 1.29 is 18.6 Å². The van der Waals surface area contributed by atoms with Gasteiger partial charge in [0.15, 0.2) is 5.65 Å². The molecule has 0 aromatic carbocycles. The summed E-state index contributed by atoms with van der Waals surface area (Å²) in [6.07, 6.45) is 3.54. The molecular formula is C9H13IN4V. The van der Waals surface area contributed by atoms with Gasteiger partial charge in [-0.3, -0.25) is 4.40 Å². The zero-order chi connectivity index (χ0) is 9.42. The van der Waals surface area contributed by atoms with Gasteiger partial charge in [0.2, 0.25) is 0 Å². The van der Waals surface area contributed by atoms with E-state index in [0.29, 0.717) is 5.92 Å². The minimum Gasteiger partial charge on any atom is -0.285 e. The summed E-state index contributed by atoms with van der Waals surface area (Å²) in [6.45, 7) is 6.20. The van der Waals surface area contributed by atoms with Gasteiger partial charge in [-0.2, -0.15) is 5.10 Å². The number of imidazole rings is 1. The molecule has 2 aromatic rings. The standard InChI is InChI=1S/C9H12N4.HI.V/c1-6(2)8-9-12-11-4-7(3)13(9)5-10-8;;/h4-6H,1-3H3;1H;. The van der Waals surface area contributed by atoms with Gasteiger partial charge in [0.25, 0.3) is 0 Å². The first-order chi connectivity index (χ1) is 6.20. The normalized spacial score (nSPS) is 9.87. The van der Waals surface area contributed by atoms with Crippen LogP contribution in [0.1, 0.15) is 31.2 Å². The SMILES string of the molecule is Cc1cnnc2c(C(C)C)ncn12.I.[V]. The van der Waals surface area contributed by atoms with E-state index in [4.69, 9.17) is 0 Å². The fraction of sp³-hybridized carbons (Fsp3) is 0.444. The van der Waals surface area contributed by atoms with Crippen molar-refractivity contribution in [3.05, 3.63) is 23.9 Å². The van der Waals surface area contributed by atoms with E-state index in [1.165, 1.54) is 0 Å². The third-order valence-corrected chi connectivity index (χ3v) is 2.09. The summed E-state index contributed by atoms with van der Waals surface area (Å²) >= 11 is 0. The molecule has 0 spiro atoms. The number of rotatable bonds is 1. The van der Waals surface area contributed by atoms with Crippen molar-refractivity contribution in [1.29, 1.82) is 0 Å². The molecule has 0 aliphatic rings. The van der Waals surface area contributed by atoms with Gasteiger partial charge in [-0.1, -0.05) is 13.8 Å². The van der Waals surface area contributed by atoms with Gasteiger partial charge in [-0.15, -0.1) is 29.1 Å². The van der Waals surface area contributed by atoms with E-state index in [9.17, 15) is 0 Å². The molecule has 0 bridgehead atoms.